The Labute approximate surface area is 59.2 Å². The van der Waals surface area contributed by atoms with Crippen molar-refractivity contribution in [3.8, 4) is 0 Å². The lowest BCUT2D eigenvalue weighted by Crippen LogP contribution is -2.38. The molecule has 0 nitrogen and oxygen atoms in total. The molecule has 0 amide bonds. The summed E-state index contributed by atoms with van der Waals surface area (Å²) in [6.45, 7) is 0.386. The van der Waals surface area contributed by atoms with Crippen LogP contribution >= 0.6 is 0 Å². The number of halogens is 6. The first-order chi connectivity index (χ1) is 4.80. The number of rotatable bonds is 3. The topological polar surface area (TPSA) is 0 Å². The van der Waals surface area contributed by atoms with Crippen LogP contribution in [0, 0.1) is 5.92 Å². The molecule has 0 aliphatic carbocycles. The molecule has 0 bridgehead atoms. The van der Waals surface area contributed by atoms with E-state index >= 15 is 0 Å². The third-order valence-corrected chi connectivity index (χ3v) is 1.28. The average Bonchev–Trinajstić information content (AvgIpc) is 1.85. The Morgan fingerprint density at radius 3 is 1.45 bits per heavy atom. The van der Waals surface area contributed by atoms with Crippen molar-refractivity contribution >= 4 is 0 Å². The van der Waals surface area contributed by atoms with Gasteiger partial charge < -0.3 is 0 Å². The van der Waals surface area contributed by atoms with E-state index in [1.54, 1.807) is 0 Å². The van der Waals surface area contributed by atoms with Gasteiger partial charge in [0.15, 0.2) is 0 Å². The Balaban J connectivity index is 4.29. The van der Waals surface area contributed by atoms with E-state index in [1.165, 1.54) is 0 Å². The summed E-state index contributed by atoms with van der Waals surface area (Å²) in [7, 11) is 0. The predicted molar refractivity (Wildman–Crippen MR) is 26.1 cm³/mol. The summed E-state index contributed by atoms with van der Waals surface area (Å²) in [5.41, 5.74) is 0. The van der Waals surface area contributed by atoms with Crippen LogP contribution in [-0.2, 0) is 0 Å². The molecule has 6 heteroatoms. The van der Waals surface area contributed by atoms with E-state index in [0.717, 1.165) is 0 Å². The molecule has 0 spiro atoms. The molecule has 0 saturated carbocycles. The van der Waals surface area contributed by atoms with Gasteiger partial charge in [-0.05, 0) is 0 Å². The Morgan fingerprint density at radius 2 is 1.36 bits per heavy atom. The van der Waals surface area contributed by atoms with Gasteiger partial charge in [0.25, 0.3) is 0 Å². The Kier molecular flexibility index (Phi) is 3.19. The summed E-state index contributed by atoms with van der Waals surface area (Å²) in [4.78, 5) is 0. The molecule has 0 aromatic rings. The highest BCUT2D eigenvalue weighted by atomic mass is 19.3. The molecule has 68 valence electrons. The van der Waals surface area contributed by atoms with E-state index in [0.29, 0.717) is 6.92 Å². The third kappa shape index (κ3) is 2.27. The van der Waals surface area contributed by atoms with Crippen LogP contribution in [0.2, 0.25) is 0 Å². The number of hydrogen-bond acceptors (Lipinski definition) is 0. The second-order valence-corrected chi connectivity index (χ2v) is 2.10. The maximum Gasteiger partial charge on any atom is 0.315 e. The molecule has 11 heavy (non-hydrogen) atoms. The van der Waals surface area contributed by atoms with Gasteiger partial charge in [-0.3, -0.25) is 0 Å². The van der Waals surface area contributed by atoms with Gasteiger partial charge in [-0.2, -0.15) is 8.78 Å². The van der Waals surface area contributed by atoms with Crippen molar-refractivity contribution < 1.29 is 26.3 Å². The van der Waals surface area contributed by atoms with Crippen LogP contribution in [0.5, 0.6) is 0 Å². The first kappa shape index (κ1) is 10.6. The normalized spacial score (nSPS) is 16.1. The summed E-state index contributed by atoms with van der Waals surface area (Å²) in [6.07, 6.45) is -7.47. The number of hydrogen-bond donors (Lipinski definition) is 0. The summed E-state index contributed by atoms with van der Waals surface area (Å²) >= 11 is 0. The van der Waals surface area contributed by atoms with Crippen molar-refractivity contribution in [2.24, 2.45) is 5.92 Å². The highest BCUT2D eigenvalue weighted by Crippen LogP contribution is 2.34. The maximum atomic E-state index is 12.0. The smallest absolute Gasteiger partial charge is 0.210 e. The van der Waals surface area contributed by atoms with Crippen molar-refractivity contribution in [1.29, 1.82) is 0 Å². The van der Waals surface area contributed by atoms with Gasteiger partial charge in [0.2, 0.25) is 6.43 Å². The first-order valence-electron chi connectivity index (χ1n) is 2.74. The Bertz CT molecular complexity index is 120. The standard InChI is InChI=1S/C5H6F6/c1-2(3(6)7)5(10,11)4(8)9/h2-4H,1H3. The molecule has 0 aromatic heterocycles. The minimum atomic E-state index is -4.60. The molecule has 0 saturated heterocycles. The van der Waals surface area contributed by atoms with Gasteiger partial charge in [0.1, 0.15) is 0 Å². The zero-order valence-electron chi connectivity index (χ0n) is 5.50. The zero-order chi connectivity index (χ0) is 9.23. The van der Waals surface area contributed by atoms with E-state index in [4.69, 9.17) is 0 Å². The SMILES string of the molecule is CC(C(F)F)C(F)(F)C(F)F. The lowest BCUT2D eigenvalue weighted by molar-refractivity contribution is -0.189. The summed E-state index contributed by atoms with van der Waals surface area (Å²) in [5, 5.41) is 0. The zero-order valence-corrected chi connectivity index (χ0v) is 5.50. The molecule has 0 N–H and O–H groups in total. The molecular weight excluding hydrogens is 174 g/mol. The summed E-state index contributed by atoms with van der Waals surface area (Å²) < 4.78 is 69.5. The van der Waals surface area contributed by atoms with Crippen molar-refractivity contribution in [3.63, 3.8) is 0 Å². The van der Waals surface area contributed by atoms with E-state index in [-0.39, 0.29) is 0 Å². The third-order valence-electron chi connectivity index (χ3n) is 1.28. The van der Waals surface area contributed by atoms with E-state index in [1.807, 2.05) is 0 Å². The van der Waals surface area contributed by atoms with E-state index in [9.17, 15) is 26.3 Å². The molecule has 0 aliphatic heterocycles. The fourth-order valence-corrected chi connectivity index (χ4v) is 0.367. The van der Waals surface area contributed by atoms with Crippen LogP contribution < -0.4 is 0 Å². The van der Waals surface area contributed by atoms with Crippen LogP contribution in [0.1, 0.15) is 6.92 Å². The molecule has 0 rings (SSSR count). The molecule has 1 unspecified atom stereocenters. The van der Waals surface area contributed by atoms with Gasteiger partial charge in [-0.15, -0.1) is 0 Å². The highest BCUT2D eigenvalue weighted by molar-refractivity contribution is 4.77. The molecular formula is C5H6F6. The van der Waals surface area contributed by atoms with Crippen LogP contribution in [0.3, 0.4) is 0 Å². The Hall–Kier alpha value is -0.420. The van der Waals surface area contributed by atoms with Gasteiger partial charge >= 0.3 is 12.3 Å². The van der Waals surface area contributed by atoms with Crippen LogP contribution in [-0.4, -0.2) is 18.8 Å². The highest BCUT2D eigenvalue weighted by Gasteiger charge is 2.50. The quantitative estimate of drug-likeness (QED) is 0.586. The average molecular weight is 180 g/mol. The van der Waals surface area contributed by atoms with Gasteiger partial charge in [-0.25, -0.2) is 17.6 Å². The molecule has 0 fully saturated rings. The predicted octanol–water partition coefficient (Wildman–Crippen LogP) is 2.79. The fraction of sp³-hybridized carbons (Fsp3) is 1.00. The van der Waals surface area contributed by atoms with E-state index in [2.05, 4.69) is 0 Å². The molecule has 0 heterocycles. The summed E-state index contributed by atoms with van der Waals surface area (Å²) in [5.74, 6) is -7.21. The van der Waals surface area contributed by atoms with Crippen LogP contribution in [0.15, 0.2) is 0 Å². The molecule has 1 atom stereocenters. The second kappa shape index (κ2) is 3.32. The van der Waals surface area contributed by atoms with E-state index < -0.39 is 24.7 Å². The molecule has 0 radical (unpaired) electrons. The molecule has 0 aromatic carbocycles. The number of alkyl halides is 6. The second-order valence-electron chi connectivity index (χ2n) is 2.10. The van der Waals surface area contributed by atoms with Crippen molar-refractivity contribution in [2.45, 2.75) is 25.7 Å². The van der Waals surface area contributed by atoms with Gasteiger partial charge in [0.05, 0.1) is 5.92 Å². The monoisotopic (exact) mass is 180 g/mol. The van der Waals surface area contributed by atoms with Crippen LogP contribution in [0.25, 0.3) is 0 Å². The van der Waals surface area contributed by atoms with Crippen LogP contribution in [0.4, 0.5) is 26.3 Å². The minimum Gasteiger partial charge on any atom is -0.210 e. The lowest BCUT2D eigenvalue weighted by Gasteiger charge is -2.21. The first-order valence-corrected chi connectivity index (χ1v) is 2.74. The lowest BCUT2D eigenvalue weighted by atomic mass is 10.1. The molecule has 0 aliphatic rings. The van der Waals surface area contributed by atoms with Crippen molar-refractivity contribution in [1.82, 2.24) is 0 Å². The van der Waals surface area contributed by atoms with Crippen molar-refractivity contribution in [2.75, 3.05) is 0 Å². The van der Waals surface area contributed by atoms with Gasteiger partial charge in [0, 0.05) is 0 Å². The van der Waals surface area contributed by atoms with Gasteiger partial charge in [-0.1, -0.05) is 6.92 Å². The largest absolute Gasteiger partial charge is 0.315 e. The maximum absolute atomic E-state index is 12.0. The summed E-state index contributed by atoms with van der Waals surface area (Å²) in [6, 6.07) is 0. The van der Waals surface area contributed by atoms with Crippen molar-refractivity contribution in [3.05, 3.63) is 0 Å². The minimum absolute atomic E-state index is 0.386. The Morgan fingerprint density at radius 1 is 1.00 bits per heavy atom. The fourth-order valence-electron chi connectivity index (χ4n) is 0.367.